The lowest BCUT2D eigenvalue weighted by molar-refractivity contribution is -0.139. The SMILES string of the molecule is CCOc1ccccc1N(CC(=O)N(Cc1cccc(C)c1)C(C)C(=O)NC1CCCC1)S(=O)(=O)c1ccccc1. The molecule has 1 aliphatic carbocycles. The highest BCUT2D eigenvalue weighted by Gasteiger charge is 2.34. The summed E-state index contributed by atoms with van der Waals surface area (Å²) in [5.41, 5.74) is 2.13. The maximum absolute atomic E-state index is 14.1. The van der Waals surface area contributed by atoms with E-state index in [1.165, 1.54) is 17.0 Å². The molecule has 1 saturated carbocycles. The Hall–Kier alpha value is -3.85. The van der Waals surface area contributed by atoms with E-state index in [0.717, 1.165) is 41.1 Å². The van der Waals surface area contributed by atoms with Gasteiger partial charge in [-0.05, 0) is 63.4 Å². The number of rotatable bonds is 12. The van der Waals surface area contributed by atoms with Gasteiger partial charge in [0.15, 0.2) is 0 Å². The molecule has 41 heavy (non-hydrogen) atoms. The Kier molecular flexibility index (Phi) is 10.0. The average Bonchev–Trinajstić information content (AvgIpc) is 3.48. The molecule has 2 amide bonds. The molecule has 3 aromatic rings. The highest BCUT2D eigenvalue weighted by atomic mass is 32.2. The van der Waals surface area contributed by atoms with Crippen molar-refractivity contribution in [2.45, 2.75) is 70.0 Å². The molecule has 0 aliphatic heterocycles. The zero-order valence-electron chi connectivity index (χ0n) is 24.0. The van der Waals surface area contributed by atoms with Gasteiger partial charge < -0.3 is 15.0 Å². The standard InChI is InChI=1S/C32H39N3O5S/c1-4-40-30-20-11-10-19-29(30)35(41(38,39)28-17-6-5-7-18-28)23-31(36)34(22-26-14-12-13-24(2)21-26)25(3)32(37)33-27-15-8-9-16-27/h5-7,10-14,17-21,25,27H,4,8-9,15-16,22-23H2,1-3H3,(H,33,37). The second kappa shape index (κ2) is 13.7. The van der Waals surface area contributed by atoms with Crippen LogP contribution in [0.2, 0.25) is 0 Å². The van der Waals surface area contributed by atoms with Gasteiger partial charge in [-0.15, -0.1) is 0 Å². The summed E-state index contributed by atoms with van der Waals surface area (Å²) in [7, 11) is -4.16. The number of hydrogen-bond donors (Lipinski definition) is 1. The first-order valence-electron chi connectivity index (χ1n) is 14.2. The molecular weight excluding hydrogens is 538 g/mol. The third kappa shape index (κ3) is 7.47. The molecule has 0 saturated heterocycles. The zero-order chi connectivity index (χ0) is 29.4. The summed E-state index contributed by atoms with van der Waals surface area (Å²) >= 11 is 0. The van der Waals surface area contributed by atoms with Crippen LogP contribution in [0.25, 0.3) is 0 Å². The summed E-state index contributed by atoms with van der Waals surface area (Å²) in [6.45, 7) is 5.45. The Labute approximate surface area is 243 Å². The van der Waals surface area contributed by atoms with Crippen LogP contribution in [0.15, 0.2) is 83.8 Å². The van der Waals surface area contributed by atoms with Gasteiger partial charge in [0.05, 0.1) is 17.2 Å². The molecule has 1 atom stereocenters. The molecule has 0 aromatic heterocycles. The van der Waals surface area contributed by atoms with Crippen LogP contribution in [0.3, 0.4) is 0 Å². The van der Waals surface area contributed by atoms with E-state index in [1.807, 2.05) is 38.1 Å². The molecule has 1 fully saturated rings. The minimum absolute atomic E-state index is 0.0522. The van der Waals surface area contributed by atoms with Crippen molar-refractivity contribution in [3.63, 3.8) is 0 Å². The first-order chi connectivity index (χ1) is 19.7. The summed E-state index contributed by atoms with van der Waals surface area (Å²) in [6, 6.07) is 21.8. The number of nitrogens with one attached hydrogen (secondary N) is 1. The van der Waals surface area contributed by atoms with Gasteiger partial charge in [-0.3, -0.25) is 13.9 Å². The molecule has 3 aromatic carbocycles. The van der Waals surface area contributed by atoms with Gasteiger partial charge in [-0.25, -0.2) is 8.42 Å². The van der Waals surface area contributed by atoms with Gasteiger partial charge in [0.2, 0.25) is 11.8 Å². The number of benzene rings is 3. The van der Waals surface area contributed by atoms with E-state index in [0.29, 0.717) is 12.4 Å². The van der Waals surface area contributed by atoms with E-state index < -0.39 is 28.5 Å². The number of ether oxygens (including phenoxy) is 1. The first-order valence-corrected chi connectivity index (χ1v) is 15.6. The van der Waals surface area contributed by atoms with Crippen LogP contribution in [0.4, 0.5) is 5.69 Å². The van der Waals surface area contributed by atoms with Gasteiger partial charge in [-0.2, -0.15) is 0 Å². The third-order valence-electron chi connectivity index (χ3n) is 7.35. The summed E-state index contributed by atoms with van der Waals surface area (Å²) in [4.78, 5) is 29.0. The van der Waals surface area contributed by atoms with Crippen LogP contribution >= 0.6 is 0 Å². The second-order valence-corrected chi connectivity index (χ2v) is 12.3. The number of nitrogens with zero attached hydrogens (tertiary/aromatic N) is 2. The summed E-state index contributed by atoms with van der Waals surface area (Å²) in [6.07, 6.45) is 3.97. The van der Waals surface area contributed by atoms with E-state index in [4.69, 9.17) is 4.74 Å². The van der Waals surface area contributed by atoms with Gasteiger partial charge in [0.1, 0.15) is 18.3 Å². The molecule has 1 unspecified atom stereocenters. The molecule has 1 aliphatic rings. The minimum Gasteiger partial charge on any atom is -0.492 e. The molecular formula is C32H39N3O5S. The zero-order valence-corrected chi connectivity index (χ0v) is 24.8. The Balaban J connectivity index is 1.71. The fraction of sp³-hybridized carbons (Fsp3) is 0.375. The third-order valence-corrected chi connectivity index (χ3v) is 9.12. The van der Waals surface area contributed by atoms with Crippen LogP contribution in [-0.4, -0.2) is 50.4 Å². The summed E-state index contributed by atoms with van der Waals surface area (Å²) < 4.78 is 34.9. The summed E-state index contributed by atoms with van der Waals surface area (Å²) in [5.74, 6) is -0.393. The Morgan fingerprint density at radius 2 is 1.66 bits per heavy atom. The van der Waals surface area contributed by atoms with E-state index in [-0.39, 0.29) is 29.1 Å². The number of hydrogen-bond acceptors (Lipinski definition) is 5. The molecule has 0 heterocycles. The van der Waals surface area contributed by atoms with Crippen molar-refractivity contribution in [3.8, 4) is 5.75 Å². The minimum atomic E-state index is -4.16. The van der Waals surface area contributed by atoms with Crippen molar-refractivity contribution < 1.29 is 22.7 Å². The predicted octanol–water partition coefficient (Wildman–Crippen LogP) is 5.07. The van der Waals surface area contributed by atoms with Crippen LogP contribution in [0, 0.1) is 6.92 Å². The Morgan fingerprint density at radius 1 is 0.976 bits per heavy atom. The largest absolute Gasteiger partial charge is 0.492 e. The number of aryl methyl sites for hydroxylation is 1. The van der Waals surface area contributed by atoms with Crippen molar-refractivity contribution in [3.05, 3.63) is 90.0 Å². The van der Waals surface area contributed by atoms with Gasteiger partial charge in [0.25, 0.3) is 10.0 Å². The smallest absolute Gasteiger partial charge is 0.264 e. The van der Waals surface area contributed by atoms with Gasteiger partial charge in [-0.1, -0.05) is 73.0 Å². The highest BCUT2D eigenvalue weighted by Crippen LogP contribution is 2.33. The fourth-order valence-electron chi connectivity index (χ4n) is 5.16. The lowest BCUT2D eigenvalue weighted by atomic mass is 10.1. The van der Waals surface area contributed by atoms with E-state index in [1.54, 1.807) is 49.4 Å². The maximum atomic E-state index is 14.1. The number of amides is 2. The molecule has 1 N–H and O–H groups in total. The predicted molar refractivity (Wildman–Crippen MR) is 160 cm³/mol. The molecule has 0 bridgehead atoms. The van der Waals surface area contributed by atoms with Crippen molar-refractivity contribution in [1.82, 2.24) is 10.2 Å². The van der Waals surface area contributed by atoms with Gasteiger partial charge >= 0.3 is 0 Å². The van der Waals surface area contributed by atoms with Crippen molar-refractivity contribution in [2.24, 2.45) is 0 Å². The molecule has 0 spiro atoms. The molecule has 9 heteroatoms. The summed E-state index contributed by atoms with van der Waals surface area (Å²) in [5, 5.41) is 3.09. The van der Waals surface area contributed by atoms with Crippen molar-refractivity contribution in [2.75, 3.05) is 17.5 Å². The number of carbonyl (C=O) groups excluding carboxylic acids is 2. The monoisotopic (exact) mass is 577 g/mol. The van der Waals surface area contributed by atoms with Crippen molar-refractivity contribution in [1.29, 1.82) is 0 Å². The molecule has 0 radical (unpaired) electrons. The normalized spacial score (nSPS) is 14.3. The highest BCUT2D eigenvalue weighted by molar-refractivity contribution is 7.92. The quantitative estimate of drug-likeness (QED) is 0.325. The number of anilines is 1. The fourth-order valence-corrected chi connectivity index (χ4v) is 6.60. The van der Waals surface area contributed by atoms with E-state index in [9.17, 15) is 18.0 Å². The lowest BCUT2D eigenvalue weighted by Gasteiger charge is -2.33. The van der Waals surface area contributed by atoms with Crippen LogP contribution < -0.4 is 14.4 Å². The topological polar surface area (TPSA) is 96.0 Å². The number of para-hydroxylation sites is 2. The Bertz CT molecular complexity index is 1440. The second-order valence-electron chi connectivity index (χ2n) is 10.4. The van der Waals surface area contributed by atoms with E-state index >= 15 is 0 Å². The number of carbonyl (C=O) groups is 2. The van der Waals surface area contributed by atoms with Gasteiger partial charge in [0, 0.05) is 12.6 Å². The first kappa shape index (κ1) is 30.1. The van der Waals surface area contributed by atoms with E-state index in [2.05, 4.69) is 5.32 Å². The molecule has 4 rings (SSSR count). The lowest BCUT2D eigenvalue weighted by Crippen LogP contribution is -2.52. The van der Waals surface area contributed by atoms with Crippen LogP contribution in [0.1, 0.15) is 50.7 Å². The van der Waals surface area contributed by atoms with Crippen LogP contribution in [0.5, 0.6) is 5.75 Å². The molecule has 218 valence electrons. The molecule has 8 nitrogen and oxygen atoms in total. The average molecular weight is 578 g/mol. The maximum Gasteiger partial charge on any atom is 0.264 e. The van der Waals surface area contributed by atoms with Crippen LogP contribution in [-0.2, 0) is 26.2 Å². The number of sulfonamides is 1. The Morgan fingerprint density at radius 3 is 2.34 bits per heavy atom. The van der Waals surface area contributed by atoms with Crippen molar-refractivity contribution >= 4 is 27.5 Å².